The molecule has 6 nitrogen and oxygen atoms in total. The molecule has 0 bridgehead atoms. The maximum atomic E-state index is 11.7. The van der Waals surface area contributed by atoms with Gasteiger partial charge in [0.15, 0.2) is 0 Å². The maximum absolute atomic E-state index is 11.7. The Morgan fingerprint density at radius 3 is 2.71 bits per heavy atom. The van der Waals surface area contributed by atoms with Gasteiger partial charge < -0.3 is 19.8 Å². The average Bonchev–Trinajstić information content (AvgIpc) is 2.82. The van der Waals surface area contributed by atoms with Gasteiger partial charge in [-0.05, 0) is 12.8 Å². The lowest BCUT2D eigenvalue weighted by Gasteiger charge is -2.23. The van der Waals surface area contributed by atoms with Gasteiger partial charge >= 0.3 is 0 Å². The minimum Gasteiger partial charge on any atom is -0.348 e. The predicted octanol–water partition coefficient (Wildman–Crippen LogP) is -0.728. The van der Waals surface area contributed by atoms with Crippen molar-refractivity contribution in [3.8, 4) is 0 Å². The number of aldehydes is 2. The number of nitrogens with zero attached hydrogens (tertiary/aromatic N) is 1. The lowest BCUT2D eigenvalue weighted by molar-refractivity contribution is -0.138. The molecular formula is C11H16N2O4. The zero-order valence-corrected chi connectivity index (χ0v) is 9.55. The van der Waals surface area contributed by atoms with Crippen molar-refractivity contribution in [1.29, 1.82) is 0 Å². The molecule has 1 atom stereocenters. The Kier molecular flexibility index (Phi) is 5.32. The van der Waals surface area contributed by atoms with Crippen LogP contribution in [0.2, 0.25) is 0 Å². The van der Waals surface area contributed by atoms with Gasteiger partial charge in [0.1, 0.15) is 18.6 Å². The molecule has 6 heteroatoms. The van der Waals surface area contributed by atoms with Crippen LogP contribution in [0.1, 0.15) is 25.7 Å². The largest absolute Gasteiger partial charge is 0.348 e. The van der Waals surface area contributed by atoms with Crippen molar-refractivity contribution in [2.75, 3.05) is 13.1 Å². The molecular weight excluding hydrogens is 224 g/mol. The Hall–Kier alpha value is -1.72. The summed E-state index contributed by atoms with van der Waals surface area (Å²) in [6.45, 7) is 0.503. The minimum atomic E-state index is -0.492. The van der Waals surface area contributed by atoms with Crippen LogP contribution >= 0.6 is 0 Å². The third kappa shape index (κ3) is 3.65. The topological polar surface area (TPSA) is 83.6 Å². The minimum absolute atomic E-state index is 0.0360. The molecule has 0 radical (unpaired) electrons. The quantitative estimate of drug-likeness (QED) is 0.620. The van der Waals surface area contributed by atoms with Crippen LogP contribution in [0.15, 0.2) is 0 Å². The molecule has 17 heavy (non-hydrogen) atoms. The molecule has 94 valence electrons. The van der Waals surface area contributed by atoms with E-state index in [9.17, 15) is 19.2 Å². The SMILES string of the molecule is O=CCCC(=O)N1CCC[C@H]1C(=O)NCC=O. The number of hydrogen-bond donors (Lipinski definition) is 1. The first-order chi connectivity index (χ1) is 8.20. The zero-order valence-electron chi connectivity index (χ0n) is 9.55. The van der Waals surface area contributed by atoms with E-state index in [4.69, 9.17) is 0 Å². The van der Waals surface area contributed by atoms with E-state index in [1.54, 1.807) is 0 Å². The first-order valence-electron chi connectivity index (χ1n) is 5.65. The van der Waals surface area contributed by atoms with Crippen LogP contribution in [-0.4, -0.2) is 48.4 Å². The van der Waals surface area contributed by atoms with E-state index in [1.807, 2.05) is 0 Å². The first kappa shape index (κ1) is 13.3. The van der Waals surface area contributed by atoms with Crippen LogP contribution in [0.5, 0.6) is 0 Å². The van der Waals surface area contributed by atoms with Gasteiger partial charge in [-0.25, -0.2) is 0 Å². The summed E-state index contributed by atoms with van der Waals surface area (Å²) in [4.78, 5) is 45.2. The molecule has 1 aliphatic rings. The van der Waals surface area contributed by atoms with Crippen LogP contribution < -0.4 is 5.32 Å². The van der Waals surface area contributed by atoms with E-state index in [1.165, 1.54) is 4.90 Å². The molecule has 2 amide bonds. The Morgan fingerprint density at radius 1 is 1.29 bits per heavy atom. The number of amides is 2. The zero-order chi connectivity index (χ0) is 12.7. The van der Waals surface area contributed by atoms with Gasteiger partial charge in [-0.3, -0.25) is 9.59 Å². The standard InChI is InChI=1S/C11H16N2O4/c14-7-2-4-10(16)13-6-1-3-9(13)11(17)12-5-8-15/h7-9H,1-6H2,(H,12,17)/t9-/m0/s1. The summed E-state index contributed by atoms with van der Waals surface area (Å²) in [5, 5.41) is 2.44. The van der Waals surface area contributed by atoms with Crippen molar-refractivity contribution < 1.29 is 19.2 Å². The highest BCUT2D eigenvalue weighted by atomic mass is 16.2. The first-order valence-corrected chi connectivity index (χ1v) is 5.65. The fourth-order valence-corrected chi connectivity index (χ4v) is 1.92. The van der Waals surface area contributed by atoms with Crippen LogP contribution in [0.25, 0.3) is 0 Å². The molecule has 0 aromatic rings. The third-order valence-corrected chi connectivity index (χ3v) is 2.71. The van der Waals surface area contributed by atoms with Crippen molar-refractivity contribution in [1.82, 2.24) is 10.2 Å². The molecule has 0 unspecified atom stereocenters. The van der Waals surface area contributed by atoms with Crippen LogP contribution in [0.3, 0.4) is 0 Å². The van der Waals surface area contributed by atoms with Crippen molar-refractivity contribution in [3.05, 3.63) is 0 Å². The summed E-state index contributed by atoms with van der Waals surface area (Å²) >= 11 is 0. The fourth-order valence-electron chi connectivity index (χ4n) is 1.92. The number of carbonyl (C=O) groups is 4. The van der Waals surface area contributed by atoms with Gasteiger partial charge in [0, 0.05) is 19.4 Å². The molecule has 1 saturated heterocycles. The van der Waals surface area contributed by atoms with E-state index in [-0.39, 0.29) is 31.2 Å². The highest BCUT2D eigenvalue weighted by Gasteiger charge is 2.33. The molecule has 1 aliphatic heterocycles. The number of nitrogens with one attached hydrogen (secondary N) is 1. The molecule has 0 spiro atoms. The summed E-state index contributed by atoms with van der Waals surface area (Å²) in [5.74, 6) is -0.477. The van der Waals surface area contributed by atoms with Crippen LogP contribution in [0, 0.1) is 0 Å². The Morgan fingerprint density at radius 2 is 2.06 bits per heavy atom. The average molecular weight is 240 g/mol. The summed E-state index contributed by atoms with van der Waals surface area (Å²) < 4.78 is 0. The second kappa shape index (κ2) is 6.78. The molecule has 1 fully saturated rings. The molecule has 0 aromatic carbocycles. The third-order valence-electron chi connectivity index (χ3n) is 2.71. The number of likely N-dealkylation sites (tertiary alicyclic amines) is 1. The van der Waals surface area contributed by atoms with E-state index >= 15 is 0 Å². The smallest absolute Gasteiger partial charge is 0.243 e. The number of carbonyl (C=O) groups excluding carboxylic acids is 4. The molecule has 1 heterocycles. The maximum Gasteiger partial charge on any atom is 0.243 e. The number of rotatable bonds is 6. The predicted molar refractivity (Wildman–Crippen MR) is 59.1 cm³/mol. The van der Waals surface area contributed by atoms with Gasteiger partial charge in [0.05, 0.1) is 6.54 Å². The summed E-state index contributed by atoms with van der Waals surface area (Å²) in [7, 11) is 0. The summed E-state index contributed by atoms with van der Waals surface area (Å²) in [5.41, 5.74) is 0. The van der Waals surface area contributed by atoms with Crippen molar-refractivity contribution in [2.45, 2.75) is 31.7 Å². The Bertz CT molecular complexity index is 287. The molecule has 1 N–H and O–H groups in total. The van der Waals surface area contributed by atoms with Gasteiger partial charge in [-0.1, -0.05) is 0 Å². The van der Waals surface area contributed by atoms with E-state index in [2.05, 4.69) is 5.32 Å². The molecule has 0 saturated carbocycles. The van der Waals surface area contributed by atoms with Gasteiger partial charge in [0.25, 0.3) is 0 Å². The Labute approximate surface area is 99.3 Å². The monoisotopic (exact) mass is 240 g/mol. The molecule has 1 rings (SSSR count). The van der Waals surface area contributed by atoms with E-state index < -0.39 is 6.04 Å². The van der Waals surface area contributed by atoms with E-state index in [0.29, 0.717) is 25.5 Å². The van der Waals surface area contributed by atoms with Gasteiger partial charge in [-0.2, -0.15) is 0 Å². The summed E-state index contributed by atoms with van der Waals surface area (Å²) in [6, 6.07) is -0.492. The second-order valence-electron chi connectivity index (χ2n) is 3.86. The van der Waals surface area contributed by atoms with Crippen molar-refractivity contribution >= 4 is 24.4 Å². The number of hydrogen-bond acceptors (Lipinski definition) is 4. The van der Waals surface area contributed by atoms with Gasteiger partial charge in [-0.15, -0.1) is 0 Å². The second-order valence-corrected chi connectivity index (χ2v) is 3.86. The highest BCUT2D eigenvalue weighted by molar-refractivity contribution is 5.89. The van der Waals surface area contributed by atoms with Crippen molar-refractivity contribution in [3.63, 3.8) is 0 Å². The Balaban J connectivity index is 2.53. The normalized spacial score (nSPS) is 18.8. The van der Waals surface area contributed by atoms with Crippen molar-refractivity contribution in [2.24, 2.45) is 0 Å². The lowest BCUT2D eigenvalue weighted by atomic mass is 10.2. The van der Waals surface area contributed by atoms with Crippen LogP contribution in [0.4, 0.5) is 0 Å². The van der Waals surface area contributed by atoms with Gasteiger partial charge in [0.2, 0.25) is 11.8 Å². The van der Waals surface area contributed by atoms with E-state index in [0.717, 1.165) is 6.42 Å². The molecule has 0 aliphatic carbocycles. The van der Waals surface area contributed by atoms with Crippen LogP contribution in [-0.2, 0) is 19.2 Å². The fraction of sp³-hybridized carbons (Fsp3) is 0.636. The summed E-state index contributed by atoms with van der Waals surface area (Å²) in [6.07, 6.45) is 2.99. The lowest BCUT2D eigenvalue weighted by Crippen LogP contribution is -2.46. The molecule has 0 aromatic heterocycles. The highest BCUT2D eigenvalue weighted by Crippen LogP contribution is 2.18.